The van der Waals surface area contributed by atoms with E-state index >= 15 is 0 Å². The van der Waals surface area contributed by atoms with Crippen LogP contribution in [0.5, 0.6) is 0 Å². The molecule has 146 valence electrons. The molecule has 0 aromatic carbocycles. The number of pyridine rings is 2. The number of anilines is 1. The van der Waals surface area contributed by atoms with Gasteiger partial charge in [0.1, 0.15) is 11.5 Å². The maximum absolute atomic E-state index is 6.27. The largest absolute Gasteiger partial charge is 0.356 e. The van der Waals surface area contributed by atoms with Crippen LogP contribution in [0.2, 0.25) is 5.02 Å². The Labute approximate surface area is 169 Å². The number of guanidine groups is 1. The molecule has 8 heteroatoms. The van der Waals surface area contributed by atoms with Crippen LogP contribution in [0.25, 0.3) is 5.65 Å². The number of halogens is 1. The molecular formula is C20H24ClN7. The molecule has 2 N–H and O–H groups in total. The van der Waals surface area contributed by atoms with Gasteiger partial charge in [0.25, 0.3) is 0 Å². The summed E-state index contributed by atoms with van der Waals surface area (Å²) in [5.74, 6) is 1.66. The Kier molecular flexibility index (Phi) is 5.62. The van der Waals surface area contributed by atoms with Crippen molar-refractivity contribution in [2.24, 2.45) is 4.99 Å². The second kappa shape index (κ2) is 8.48. The molecule has 0 amide bonds. The van der Waals surface area contributed by atoms with Gasteiger partial charge in [0, 0.05) is 57.7 Å². The minimum absolute atomic E-state index is 0.305. The van der Waals surface area contributed by atoms with E-state index in [0.29, 0.717) is 11.1 Å². The molecule has 0 spiro atoms. The third-order valence-corrected chi connectivity index (χ3v) is 5.17. The Balaban J connectivity index is 1.27. The van der Waals surface area contributed by atoms with Gasteiger partial charge in [-0.05, 0) is 30.7 Å². The van der Waals surface area contributed by atoms with Crippen LogP contribution < -0.4 is 15.5 Å². The average molecular weight is 398 g/mol. The summed E-state index contributed by atoms with van der Waals surface area (Å²) < 4.78 is 2.04. The molecule has 0 aliphatic carbocycles. The summed E-state index contributed by atoms with van der Waals surface area (Å²) in [6.45, 7) is 2.54. The summed E-state index contributed by atoms with van der Waals surface area (Å²) in [6, 6.07) is 10.1. The van der Waals surface area contributed by atoms with Gasteiger partial charge >= 0.3 is 0 Å². The Morgan fingerprint density at radius 1 is 1.32 bits per heavy atom. The van der Waals surface area contributed by atoms with Crippen LogP contribution >= 0.6 is 11.6 Å². The van der Waals surface area contributed by atoms with E-state index in [9.17, 15) is 0 Å². The van der Waals surface area contributed by atoms with E-state index in [0.717, 1.165) is 55.6 Å². The van der Waals surface area contributed by atoms with Gasteiger partial charge in [0.2, 0.25) is 0 Å². The molecule has 0 radical (unpaired) electrons. The van der Waals surface area contributed by atoms with Crippen LogP contribution in [0.3, 0.4) is 0 Å². The molecule has 28 heavy (non-hydrogen) atoms. The van der Waals surface area contributed by atoms with Crippen LogP contribution in [-0.2, 0) is 6.42 Å². The van der Waals surface area contributed by atoms with E-state index in [2.05, 4.69) is 36.7 Å². The van der Waals surface area contributed by atoms with Crippen molar-refractivity contribution in [3.8, 4) is 0 Å². The van der Waals surface area contributed by atoms with Gasteiger partial charge in [-0.2, -0.15) is 0 Å². The standard InChI is InChI=1S/C20H24ClN7/c1-22-20(24-10-7-15-13-27-11-3-2-6-18(27)25-15)26-16-8-12-28(14-16)19-17(21)5-4-9-23-19/h2-6,9,11,13,16H,7-8,10,12,14H2,1H3,(H2,22,24,26). The first-order valence-electron chi connectivity index (χ1n) is 9.48. The van der Waals surface area contributed by atoms with Crippen LogP contribution in [0, 0.1) is 0 Å². The zero-order valence-electron chi connectivity index (χ0n) is 15.8. The molecule has 3 aromatic rings. The molecule has 4 rings (SSSR count). The molecule has 0 bridgehead atoms. The fourth-order valence-corrected chi connectivity index (χ4v) is 3.73. The number of hydrogen-bond donors (Lipinski definition) is 2. The summed E-state index contributed by atoms with van der Waals surface area (Å²) in [7, 11) is 1.79. The Morgan fingerprint density at radius 2 is 2.25 bits per heavy atom. The quantitative estimate of drug-likeness (QED) is 0.511. The van der Waals surface area contributed by atoms with E-state index in [-0.39, 0.29) is 0 Å². The number of aliphatic imine (C=N–C) groups is 1. The lowest BCUT2D eigenvalue weighted by molar-refractivity contribution is 0.647. The highest BCUT2D eigenvalue weighted by molar-refractivity contribution is 6.32. The first kappa shape index (κ1) is 18.6. The lowest BCUT2D eigenvalue weighted by Crippen LogP contribution is -2.45. The van der Waals surface area contributed by atoms with Gasteiger partial charge in [-0.15, -0.1) is 0 Å². The second-order valence-electron chi connectivity index (χ2n) is 6.83. The van der Waals surface area contributed by atoms with Gasteiger partial charge in [-0.3, -0.25) is 4.99 Å². The number of aromatic nitrogens is 3. The van der Waals surface area contributed by atoms with Crippen LogP contribution in [0.4, 0.5) is 5.82 Å². The van der Waals surface area contributed by atoms with Crippen molar-refractivity contribution in [2.45, 2.75) is 18.9 Å². The number of imidazole rings is 1. The summed E-state index contributed by atoms with van der Waals surface area (Å²) >= 11 is 6.27. The highest BCUT2D eigenvalue weighted by Gasteiger charge is 2.25. The smallest absolute Gasteiger partial charge is 0.191 e. The van der Waals surface area contributed by atoms with Gasteiger partial charge in [-0.1, -0.05) is 17.7 Å². The predicted octanol–water partition coefficient (Wildman–Crippen LogP) is 2.37. The lowest BCUT2D eigenvalue weighted by atomic mass is 10.3. The van der Waals surface area contributed by atoms with E-state index in [1.807, 2.05) is 40.9 Å². The van der Waals surface area contributed by atoms with E-state index in [1.54, 1.807) is 13.2 Å². The van der Waals surface area contributed by atoms with Gasteiger partial charge in [0.15, 0.2) is 5.96 Å². The summed E-state index contributed by atoms with van der Waals surface area (Å²) in [5, 5.41) is 7.58. The predicted molar refractivity (Wildman–Crippen MR) is 113 cm³/mol. The number of nitrogens with zero attached hydrogens (tertiary/aromatic N) is 5. The third-order valence-electron chi connectivity index (χ3n) is 4.88. The normalized spacial score (nSPS) is 17.3. The zero-order valence-corrected chi connectivity index (χ0v) is 16.6. The Bertz CT molecular complexity index is 935. The molecule has 4 heterocycles. The third kappa shape index (κ3) is 4.20. The summed E-state index contributed by atoms with van der Waals surface area (Å²) in [5.41, 5.74) is 2.03. The number of hydrogen-bond acceptors (Lipinski definition) is 4. The van der Waals surface area contributed by atoms with Crippen molar-refractivity contribution in [1.29, 1.82) is 0 Å². The topological polar surface area (TPSA) is 69.8 Å². The second-order valence-corrected chi connectivity index (χ2v) is 7.24. The van der Waals surface area contributed by atoms with Crippen LogP contribution in [-0.4, -0.2) is 53.1 Å². The maximum Gasteiger partial charge on any atom is 0.191 e. The van der Waals surface area contributed by atoms with Crippen LogP contribution in [0.15, 0.2) is 53.9 Å². The highest BCUT2D eigenvalue weighted by atomic mass is 35.5. The summed E-state index contributed by atoms with van der Waals surface area (Å²) in [6.07, 6.45) is 7.71. The van der Waals surface area contributed by atoms with Crippen molar-refractivity contribution in [3.63, 3.8) is 0 Å². The minimum atomic E-state index is 0.305. The molecule has 1 atom stereocenters. The lowest BCUT2D eigenvalue weighted by Gasteiger charge is -2.20. The van der Waals surface area contributed by atoms with Crippen molar-refractivity contribution in [1.82, 2.24) is 25.0 Å². The van der Waals surface area contributed by atoms with Gasteiger partial charge in [0.05, 0.1) is 10.7 Å². The molecule has 0 saturated carbocycles. The van der Waals surface area contributed by atoms with Crippen molar-refractivity contribution >= 4 is 29.0 Å². The molecular weight excluding hydrogens is 374 g/mol. The first-order valence-corrected chi connectivity index (χ1v) is 9.86. The van der Waals surface area contributed by atoms with Crippen LogP contribution in [0.1, 0.15) is 12.1 Å². The average Bonchev–Trinajstić information content (AvgIpc) is 3.34. The molecule has 1 saturated heterocycles. The minimum Gasteiger partial charge on any atom is -0.356 e. The molecule has 1 aliphatic heterocycles. The first-order chi connectivity index (χ1) is 13.7. The van der Waals surface area contributed by atoms with Gasteiger partial charge in [-0.25, -0.2) is 9.97 Å². The maximum atomic E-state index is 6.27. The molecule has 3 aromatic heterocycles. The number of nitrogens with one attached hydrogen (secondary N) is 2. The van der Waals surface area contributed by atoms with E-state index in [4.69, 9.17) is 11.6 Å². The van der Waals surface area contributed by atoms with Crippen molar-refractivity contribution in [3.05, 3.63) is 59.6 Å². The Hall–Kier alpha value is -2.80. The zero-order chi connectivity index (χ0) is 19.3. The Morgan fingerprint density at radius 3 is 3.07 bits per heavy atom. The van der Waals surface area contributed by atoms with Gasteiger partial charge < -0.3 is 19.9 Å². The fraction of sp³-hybridized carbons (Fsp3) is 0.350. The SMILES string of the molecule is CN=C(NCCc1cn2ccccc2n1)NC1CCN(c2ncccc2Cl)C1. The number of fused-ring (bicyclic) bond motifs is 1. The molecule has 1 aliphatic rings. The van der Waals surface area contributed by atoms with Crippen molar-refractivity contribution in [2.75, 3.05) is 31.6 Å². The molecule has 7 nitrogen and oxygen atoms in total. The fourth-order valence-electron chi connectivity index (χ4n) is 3.49. The van der Waals surface area contributed by atoms with Crippen molar-refractivity contribution < 1.29 is 0 Å². The van der Waals surface area contributed by atoms with E-state index < -0.39 is 0 Å². The van der Waals surface area contributed by atoms with E-state index in [1.165, 1.54) is 0 Å². The molecule has 1 unspecified atom stereocenters. The monoisotopic (exact) mass is 397 g/mol. The highest BCUT2D eigenvalue weighted by Crippen LogP contribution is 2.25. The number of rotatable bonds is 5. The molecule has 1 fully saturated rings. The summed E-state index contributed by atoms with van der Waals surface area (Å²) in [4.78, 5) is 15.6.